The van der Waals surface area contributed by atoms with Gasteiger partial charge in [-0.3, -0.25) is 0 Å². The van der Waals surface area contributed by atoms with E-state index >= 15 is 0 Å². The fraction of sp³-hybridized carbons (Fsp3) is 0.368. The standard InChI is InChI=1S/C19H20N2O2S2/c1-22-12-23-15-7-5-14(6-8-15)17-9-10-21-19(18(17)11-20)25-13-24-16-3-2-4-16/h5-10,16H,2-4,12-13H2,1H3. The van der Waals surface area contributed by atoms with Gasteiger partial charge in [-0.1, -0.05) is 30.3 Å². The quantitative estimate of drug-likeness (QED) is 0.483. The number of hydrogen-bond donors (Lipinski definition) is 0. The van der Waals surface area contributed by atoms with Gasteiger partial charge >= 0.3 is 0 Å². The second-order valence-corrected chi connectivity index (χ2v) is 8.33. The molecule has 0 saturated heterocycles. The number of ether oxygens (including phenoxy) is 2. The minimum absolute atomic E-state index is 0.220. The van der Waals surface area contributed by atoms with Gasteiger partial charge in [0.05, 0.1) is 5.56 Å². The molecule has 1 aliphatic carbocycles. The highest BCUT2D eigenvalue weighted by atomic mass is 32.2. The highest BCUT2D eigenvalue weighted by Gasteiger charge is 2.18. The summed E-state index contributed by atoms with van der Waals surface area (Å²) in [5.41, 5.74) is 2.54. The molecule has 130 valence electrons. The molecule has 1 saturated carbocycles. The molecule has 2 aromatic rings. The second-order valence-electron chi connectivity index (χ2n) is 5.71. The van der Waals surface area contributed by atoms with Gasteiger partial charge in [0.25, 0.3) is 0 Å². The van der Waals surface area contributed by atoms with Crippen LogP contribution in [-0.2, 0) is 4.74 Å². The van der Waals surface area contributed by atoms with Crippen molar-refractivity contribution in [3.63, 3.8) is 0 Å². The number of methoxy groups -OCH3 is 1. The summed E-state index contributed by atoms with van der Waals surface area (Å²) in [5, 5.41) is 12.2. The first kappa shape index (κ1) is 18.1. The zero-order chi connectivity index (χ0) is 17.5. The van der Waals surface area contributed by atoms with Crippen molar-refractivity contribution in [2.45, 2.75) is 29.5 Å². The van der Waals surface area contributed by atoms with Crippen molar-refractivity contribution in [1.82, 2.24) is 4.98 Å². The van der Waals surface area contributed by atoms with Gasteiger partial charge in [-0.25, -0.2) is 4.98 Å². The molecule has 0 spiro atoms. The van der Waals surface area contributed by atoms with Crippen LogP contribution in [0.15, 0.2) is 41.6 Å². The molecule has 1 heterocycles. The Morgan fingerprint density at radius 1 is 1.24 bits per heavy atom. The third kappa shape index (κ3) is 4.69. The SMILES string of the molecule is COCOc1ccc(-c2ccnc(SCSC3CCC3)c2C#N)cc1. The third-order valence-electron chi connectivity index (χ3n) is 4.09. The van der Waals surface area contributed by atoms with Gasteiger partial charge in [0.15, 0.2) is 6.79 Å². The number of nitrogens with zero attached hydrogens (tertiary/aromatic N) is 2. The average molecular weight is 373 g/mol. The Hall–Kier alpha value is -1.68. The molecule has 1 aromatic heterocycles. The zero-order valence-electron chi connectivity index (χ0n) is 14.1. The van der Waals surface area contributed by atoms with Crippen LogP contribution in [-0.4, -0.2) is 29.2 Å². The van der Waals surface area contributed by atoms with Crippen molar-refractivity contribution in [3.05, 3.63) is 42.1 Å². The van der Waals surface area contributed by atoms with Gasteiger partial charge in [-0.05, 0) is 36.6 Å². The number of thioether (sulfide) groups is 2. The van der Waals surface area contributed by atoms with Crippen LogP contribution >= 0.6 is 23.5 Å². The van der Waals surface area contributed by atoms with Gasteiger partial charge in [0.1, 0.15) is 16.8 Å². The van der Waals surface area contributed by atoms with Crippen LogP contribution in [0, 0.1) is 11.3 Å². The van der Waals surface area contributed by atoms with Crippen molar-refractivity contribution in [3.8, 4) is 22.9 Å². The minimum atomic E-state index is 0.220. The van der Waals surface area contributed by atoms with E-state index in [2.05, 4.69) is 11.1 Å². The molecule has 0 aliphatic heterocycles. The van der Waals surface area contributed by atoms with E-state index in [1.165, 1.54) is 19.3 Å². The molecule has 0 radical (unpaired) electrons. The van der Waals surface area contributed by atoms with Crippen LogP contribution in [0.4, 0.5) is 0 Å². The summed E-state index contributed by atoms with van der Waals surface area (Å²) < 4.78 is 10.3. The van der Waals surface area contributed by atoms with E-state index in [-0.39, 0.29) is 6.79 Å². The molecular formula is C19H20N2O2S2. The Morgan fingerprint density at radius 2 is 2.04 bits per heavy atom. The summed E-state index contributed by atoms with van der Waals surface area (Å²) in [7, 11) is 1.59. The van der Waals surface area contributed by atoms with Gasteiger partial charge in [-0.15, -0.1) is 11.8 Å². The summed E-state index contributed by atoms with van der Waals surface area (Å²) in [6.07, 6.45) is 5.77. The predicted molar refractivity (Wildman–Crippen MR) is 103 cm³/mol. The van der Waals surface area contributed by atoms with Gasteiger partial charge in [0.2, 0.25) is 0 Å². The van der Waals surface area contributed by atoms with Crippen molar-refractivity contribution < 1.29 is 9.47 Å². The maximum atomic E-state index is 9.65. The smallest absolute Gasteiger partial charge is 0.188 e. The van der Waals surface area contributed by atoms with E-state index in [1.807, 2.05) is 42.1 Å². The van der Waals surface area contributed by atoms with Crippen LogP contribution in [0.2, 0.25) is 0 Å². The Bertz CT molecular complexity index is 740. The Balaban J connectivity index is 1.74. The van der Waals surface area contributed by atoms with E-state index in [1.54, 1.807) is 25.1 Å². The fourth-order valence-corrected chi connectivity index (χ4v) is 5.07. The highest BCUT2D eigenvalue weighted by molar-refractivity contribution is 8.16. The van der Waals surface area contributed by atoms with E-state index in [4.69, 9.17) is 9.47 Å². The monoisotopic (exact) mass is 372 g/mol. The minimum Gasteiger partial charge on any atom is -0.468 e. The number of rotatable bonds is 8. The number of hydrogen-bond acceptors (Lipinski definition) is 6. The van der Waals surface area contributed by atoms with Crippen molar-refractivity contribution in [2.75, 3.05) is 19.0 Å². The Morgan fingerprint density at radius 3 is 2.68 bits per heavy atom. The lowest BCUT2D eigenvalue weighted by molar-refractivity contribution is 0.0511. The summed E-state index contributed by atoms with van der Waals surface area (Å²) in [4.78, 5) is 4.42. The zero-order valence-corrected chi connectivity index (χ0v) is 15.7. The fourth-order valence-electron chi connectivity index (χ4n) is 2.48. The number of nitriles is 1. The van der Waals surface area contributed by atoms with Crippen molar-refractivity contribution in [2.24, 2.45) is 0 Å². The van der Waals surface area contributed by atoms with Crippen LogP contribution in [0.25, 0.3) is 11.1 Å². The highest BCUT2D eigenvalue weighted by Crippen LogP contribution is 2.36. The van der Waals surface area contributed by atoms with Gasteiger partial charge in [0, 0.05) is 29.2 Å². The Kier molecular flexibility index (Phi) is 6.62. The average Bonchev–Trinajstić information content (AvgIpc) is 2.62. The predicted octanol–water partition coefficient (Wildman–Crippen LogP) is 4.94. The van der Waals surface area contributed by atoms with E-state index < -0.39 is 0 Å². The lowest BCUT2D eigenvalue weighted by Gasteiger charge is -2.24. The lowest BCUT2D eigenvalue weighted by atomic mass is 10.0. The molecule has 0 amide bonds. The van der Waals surface area contributed by atoms with E-state index in [0.29, 0.717) is 5.56 Å². The summed E-state index contributed by atoms with van der Waals surface area (Å²) >= 11 is 3.63. The summed E-state index contributed by atoms with van der Waals surface area (Å²) in [6.45, 7) is 0.220. The maximum Gasteiger partial charge on any atom is 0.188 e. The lowest BCUT2D eigenvalue weighted by Crippen LogP contribution is -2.13. The first-order valence-corrected chi connectivity index (χ1v) is 10.2. The molecule has 0 bridgehead atoms. The molecule has 1 fully saturated rings. The largest absolute Gasteiger partial charge is 0.468 e. The van der Waals surface area contributed by atoms with Crippen LogP contribution < -0.4 is 4.74 Å². The molecule has 0 unspecified atom stereocenters. The van der Waals surface area contributed by atoms with Crippen molar-refractivity contribution >= 4 is 23.5 Å². The molecule has 3 rings (SSSR count). The number of pyridine rings is 1. The first-order valence-electron chi connectivity index (χ1n) is 8.17. The second kappa shape index (κ2) is 9.14. The van der Waals surface area contributed by atoms with Crippen LogP contribution in [0.3, 0.4) is 0 Å². The molecule has 0 atom stereocenters. The molecule has 4 nitrogen and oxygen atoms in total. The topological polar surface area (TPSA) is 55.1 Å². The summed E-state index contributed by atoms with van der Waals surface area (Å²) in [6, 6.07) is 11.9. The number of aromatic nitrogens is 1. The third-order valence-corrected chi connectivity index (χ3v) is 6.63. The molecular weight excluding hydrogens is 352 g/mol. The number of benzene rings is 1. The van der Waals surface area contributed by atoms with Crippen LogP contribution in [0.5, 0.6) is 5.75 Å². The Labute approximate surface area is 156 Å². The van der Waals surface area contributed by atoms with Gasteiger partial charge in [-0.2, -0.15) is 5.26 Å². The van der Waals surface area contributed by atoms with Crippen LogP contribution in [0.1, 0.15) is 24.8 Å². The van der Waals surface area contributed by atoms with Crippen molar-refractivity contribution in [1.29, 1.82) is 5.26 Å². The molecule has 1 aliphatic rings. The van der Waals surface area contributed by atoms with Gasteiger partial charge < -0.3 is 9.47 Å². The first-order chi connectivity index (χ1) is 12.3. The molecule has 6 heteroatoms. The summed E-state index contributed by atoms with van der Waals surface area (Å²) in [5.74, 6) is 0.740. The molecule has 25 heavy (non-hydrogen) atoms. The van der Waals surface area contributed by atoms with E-state index in [9.17, 15) is 5.26 Å². The molecule has 1 aromatic carbocycles. The normalized spacial score (nSPS) is 13.9. The maximum absolute atomic E-state index is 9.65. The van der Waals surface area contributed by atoms with E-state index in [0.717, 1.165) is 32.2 Å². The molecule has 0 N–H and O–H groups in total.